The number of nitrogens with zero attached hydrogens (tertiary/aromatic N) is 2. The maximum Gasteiger partial charge on any atom is 0.194 e. The molecule has 0 amide bonds. The molecular formula is C11H17N3OS. The molecule has 4 nitrogen and oxygen atoms in total. The van der Waals surface area contributed by atoms with Crippen molar-refractivity contribution in [1.29, 1.82) is 0 Å². The van der Waals surface area contributed by atoms with Crippen LogP contribution in [0, 0.1) is 13.8 Å². The van der Waals surface area contributed by atoms with Crippen LogP contribution in [0.2, 0.25) is 0 Å². The van der Waals surface area contributed by atoms with Crippen molar-refractivity contribution in [3.05, 3.63) is 22.5 Å². The Morgan fingerprint density at radius 3 is 3.00 bits per heavy atom. The van der Waals surface area contributed by atoms with Crippen molar-refractivity contribution in [3.8, 4) is 0 Å². The number of nitrogens with one attached hydrogen (secondary N) is 1. The molecule has 0 aliphatic heterocycles. The van der Waals surface area contributed by atoms with Gasteiger partial charge in [0, 0.05) is 23.7 Å². The fourth-order valence-electron chi connectivity index (χ4n) is 1.66. The van der Waals surface area contributed by atoms with E-state index in [0.29, 0.717) is 0 Å². The maximum absolute atomic E-state index is 8.97. The highest BCUT2D eigenvalue weighted by Gasteiger charge is 2.11. The number of aryl methyl sites for hydroxylation is 2. The molecule has 2 aromatic heterocycles. The number of aliphatic hydroxyl groups excluding tert-OH is 1. The maximum atomic E-state index is 8.97. The fraction of sp³-hybridized carbons (Fsp3) is 0.545. The molecule has 0 saturated heterocycles. The molecule has 1 atom stereocenters. The first kappa shape index (κ1) is 11.6. The van der Waals surface area contributed by atoms with Crippen LogP contribution >= 0.6 is 11.3 Å². The molecule has 2 rings (SSSR count). The topological polar surface area (TPSA) is 49.6 Å². The molecule has 2 aromatic rings. The van der Waals surface area contributed by atoms with E-state index in [9.17, 15) is 0 Å². The minimum absolute atomic E-state index is 0.115. The first-order valence-corrected chi connectivity index (χ1v) is 6.21. The second-order valence-corrected chi connectivity index (χ2v) is 5.32. The van der Waals surface area contributed by atoms with Crippen LogP contribution in [-0.2, 0) is 6.54 Å². The normalized spacial score (nSPS) is 13.5. The van der Waals surface area contributed by atoms with Crippen molar-refractivity contribution in [1.82, 2.24) is 14.7 Å². The summed E-state index contributed by atoms with van der Waals surface area (Å²) in [6.07, 6.45) is 2.11. The van der Waals surface area contributed by atoms with Crippen LogP contribution in [-0.4, -0.2) is 27.1 Å². The van der Waals surface area contributed by atoms with Gasteiger partial charge in [-0.05, 0) is 20.8 Å². The Hall–Kier alpha value is -0.910. The second kappa shape index (κ2) is 4.53. The molecule has 0 saturated carbocycles. The van der Waals surface area contributed by atoms with Gasteiger partial charge in [0.2, 0.25) is 0 Å². The van der Waals surface area contributed by atoms with Crippen molar-refractivity contribution >= 4 is 16.3 Å². The zero-order valence-corrected chi connectivity index (χ0v) is 10.6. The lowest BCUT2D eigenvalue weighted by Crippen LogP contribution is -2.29. The molecule has 5 heteroatoms. The fourth-order valence-corrected chi connectivity index (χ4v) is 2.55. The molecule has 88 valence electrons. The number of aliphatic hydroxyl groups is 1. The molecule has 0 unspecified atom stereocenters. The summed E-state index contributed by atoms with van der Waals surface area (Å²) in [6.45, 7) is 6.97. The molecule has 0 aliphatic rings. The lowest BCUT2D eigenvalue weighted by atomic mass is 10.3. The average Bonchev–Trinajstić information content (AvgIpc) is 2.71. The van der Waals surface area contributed by atoms with Crippen LogP contribution in [0.4, 0.5) is 0 Å². The number of hydrogen-bond acceptors (Lipinski definition) is 4. The Bertz CT molecular complexity index is 489. The third-order valence-corrected chi connectivity index (χ3v) is 3.53. The minimum atomic E-state index is 0.115. The number of thiazole rings is 1. The van der Waals surface area contributed by atoms with Gasteiger partial charge in [-0.3, -0.25) is 4.40 Å². The van der Waals surface area contributed by atoms with Gasteiger partial charge in [0.05, 0.1) is 18.0 Å². The molecule has 0 aromatic carbocycles. The van der Waals surface area contributed by atoms with Crippen LogP contribution in [0.15, 0.2) is 6.20 Å². The Labute approximate surface area is 98.9 Å². The Morgan fingerprint density at radius 2 is 2.31 bits per heavy atom. The van der Waals surface area contributed by atoms with Crippen molar-refractivity contribution in [2.75, 3.05) is 6.61 Å². The summed E-state index contributed by atoms with van der Waals surface area (Å²) in [7, 11) is 0. The monoisotopic (exact) mass is 239 g/mol. The highest BCUT2D eigenvalue weighted by Crippen LogP contribution is 2.20. The number of imidazole rings is 1. The van der Waals surface area contributed by atoms with E-state index in [1.54, 1.807) is 11.3 Å². The van der Waals surface area contributed by atoms with Crippen molar-refractivity contribution in [3.63, 3.8) is 0 Å². The van der Waals surface area contributed by atoms with E-state index >= 15 is 0 Å². The zero-order valence-electron chi connectivity index (χ0n) is 9.82. The predicted octanol–water partition coefficient (Wildman–Crippen LogP) is 1.48. The molecule has 2 N–H and O–H groups in total. The number of rotatable bonds is 4. The van der Waals surface area contributed by atoms with Crippen LogP contribution in [0.25, 0.3) is 4.96 Å². The second-order valence-electron chi connectivity index (χ2n) is 4.10. The highest BCUT2D eigenvalue weighted by molar-refractivity contribution is 7.17. The molecular weight excluding hydrogens is 222 g/mol. The van der Waals surface area contributed by atoms with Crippen LogP contribution < -0.4 is 5.32 Å². The van der Waals surface area contributed by atoms with Gasteiger partial charge in [0.15, 0.2) is 4.96 Å². The molecule has 0 aliphatic carbocycles. The van der Waals surface area contributed by atoms with Gasteiger partial charge in [-0.1, -0.05) is 0 Å². The smallest absolute Gasteiger partial charge is 0.194 e. The Kier molecular flexibility index (Phi) is 3.28. The SMILES string of the molecule is Cc1cn2c(CN[C@@H](C)CO)c(C)nc2s1. The van der Waals surface area contributed by atoms with Gasteiger partial charge in [0.25, 0.3) is 0 Å². The Balaban J connectivity index is 2.24. The highest BCUT2D eigenvalue weighted by atomic mass is 32.1. The number of aromatic nitrogens is 2. The quantitative estimate of drug-likeness (QED) is 0.849. The minimum Gasteiger partial charge on any atom is -0.395 e. The third-order valence-electron chi connectivity index (χ3n) is 2.63. The zero-order chi connectivity index (χ0) is 11.7. The number of hydrogen-bond donors (Lipinski definition) is 2. The summed E-state index contributed by atoms with van der Waals surface area (Å²) >= 11 is 1.70. The lowest BCUT2D eigenvalue weighted by Gasteiger charge is -2.10. The summed E-state index contributed by atoms with van der Waals surface area (Å²) in [5.41, 5.74) is 2.24. The first-order valence-electron chi connectivity index (χ1n) is 5.40. The number of fused-ring (bicyclic) bond motifs is 1. The molecule has 0 spiro atoms. The molecule has 0 fully saturated rings. The van der Waals surface area contributed by atoms with Crippen molar-refractivity contribution in [2.24, 2.45) is 0 Å². The largest absolute Gasteiger partial charge is 0.395 e. The summed E-state index contributed by atoms with van der Waals surface area (Å²) in [5.74, 6) is 0. The van der Waals surface area contributed by atoms with Crippen molar-refractivity contribution in [2.45, 2.75) is 33.4 Å². The van der Waals surface area contributed by atoms with E-state index < -0.39 is 0 Å². The molecule has 16 heavy (non-hydrogen) atoms. The average molecular weight is 239 g/mol. The van der Waals surface area contributed by atoms with E-state index in [0.717, 1.165) is 17.2 Å². The molecule has 2 heterocycles. The van der Waals surface area contributed by atoms with Gasteiger partial charge < -0.3 is 10.4 Å². The van der Waals surface area contributed by atoms with E-state index in [-0.39, 0.29) is 12.6 Å². The Morgan fingerprint density at radius 1 is 1.56 bits per heavy atom. The van der Waals surface area contributed by atoms with Crippen LogP contribution in [0.1, 0.15) is 23.2 Å². The first-order chi connectivity index (χ1) is 7.61. The van der Waals surface area contributed by atoms with Gasteiger partial charge in [0.1, 0.15) is 0 Å². The summed E-state index contributed by atoms with van der Waals surface area (Å²) in [5, 5.41) is 12.2. The lowest BCUT2D eigenvalue weighted by molar-refractivity contribution is 0.250. The van der Waals surface area contributed by atoms with E-state index in [1.807, 2.05) is 13.8 Å². The van der Waals surface area contributed by atoms with Crippen LogP contribution in [0.5, 0.6) is 0 Å². The van der Waals surface area contributed by atoms with Crippen molar-refractivity contribution < 1.29 is 5.11 Å². The van der Waals surface area contributed by atoms with Gasteiger partial charge in [-0.15, -0.1) is 11.3 Å². The molecule has 0 bridgehead atoms. The van der Waals surface area contributed by atoms with Crippen LogP contribution in [0.3, 0.4) is 0 Å². The standard InChI is InChI=1S/C11H17N3OS/c1-7(6-15)12-4-10-9(3)13-11-14(10)5-8(2)16-11/h5,7,12,15H,4,6H2,1-3H3/t7-/m0/s1. The van der Waals surface area contributed by atoms with E-state index in [4.69, 9.17) is 5.11 Å². The summed E-state index contributed by atoms with van der Waals surface area (Å²) in [4.78, 5) is 6.82. The summed E-state index contributed by atoms with van der Waals surface area (Å²) in [6, 6.07) is 0.115. The predicted molar refractivity (Wildman–Crippen MR) is 65.9 cm³/mol. The van der Waals surface area contributed by atoms with Gasteiger partial charge in [-0.2, -0.15) is 0 Å². The van der Waals surface area contributed by atoms with Gasteiger partial charge in [-0.25, -0.2) is 4.98 Å². The third kappa shape index (κ3) is 2.11. The van der Waals surface area contributed by atoms with Gasteiger partial charge >= 0.3 is 0 Å². The summed E-state index contributed by atoms with van der Waals surface area (Å²) < 4.78 is 2.13. The van der Waals surface area contributed by atoms with E-state index in [1.165, 1.54) is 10.6 Å². The molecule has 0 radical (unpaired) electrons. The van der Waals surface area contributed by atoms with E-state index in [2.05, 4.69) is 27.8 Å².